The second-order valence-electron chi connectivity index (χ2n) is 13.0. The molecule has 5 aromatic rings. The van der Waals surface area contributed by atoms with Gasteiger partial charge in [0.1, 0.15) is 25.0 Å². The maximum absolute atomic E-state index is 14.3. The van der Waals surface area contributed by atoms with Crippen LogP contribution in [0.3, 0.4) is 0 Å². The summed E-state index contributed by atoms with van der Waals surface area (Å²) < 4.78 is 11.4. The van der Waals surface area contributed by atoms with Crippen molar-refractivity contribution in [2.45, 2.75) is 51.4 Å². The summed E-state index contributed by atoms with van der Waals surface area (Å²) in [6.07, 6.45) is 2.98. The number of benzene rings is 4. The molecule has 3 N–H and O–H groups in total. The van der Waals surface area contributed by atoms with E-state index in [1.165, 1.54) is 11.2 Å². The summed E-state index contributed by atoms with van der Waals surface area (Å²) in [5.41, 5.74) is 4.26. The van der Waals surface area contributed by atoms with E-state index in [2.05, 4.69) is 34.4 Å². The third-order valence-electron chi connectivity index (χ3n) is 8.55. The van der Waals surface area contributed by atoms with Crippen molar-refractivity contribution in [3.05, 3.63) is 156 Å². The lowest BCUT2D eigenvalue weighted by molar-refractivity contribution is -0.137. The van der Waals surface area contributed by atoms with E-state index in [0.29, 0.717) is 25.3 Å². The molecular formula is C41H45N5O5. The van der Waals surface area contributed by atoms with Gasteiger partial charge in [-0.1, -0.05) is 117 Å². The summed E-state index contributed by atoms with van der Waals surface area (Å²) >= 11 is 0. The van der Waals surface area contributed by atoms with Crippen molar-refractivity contribution in [1.29, 1.82) is 0 Å². The molecule has 1 aromatic heterocycles. The Morgan fingerprint density at radius 2 is 1.43 bits per heavy atom. The molecule has 0 aliphatic heterocycles. The molecule has 1 atom stereocenters. The van der Waals surface area contributed by atoms with Gasteiger partial charge in [0.2, 0.25) is 11.8 Å². The first-order chi connectivity index (χ1) is 24.7. The number of ether oxygens (including phenoxy) is 2. The SMILES string of the molecule is CC(C)(CNC(=O)CN(CCc1ccc(OCc2ccccc2)cc1)C(=O)[C@H](Cc1cnc[nH]1)NC(=O)OCc1ccccc1)c1ccccc1. The molecular weight excluding hydrogens is 642 g/mol. The van der Waals surface area contributed by atoms with E-state index in [4.69, 9.17) is 9.47 Å². The molecule has 51 heavy (non-hydrogen) atoms. The Bertz CT molecular complexity index is 1800. The van der Waals surface area contributed by atoms with E-state index in [1.54, 1.807) is 6.20 Å². The predicted molar refractivity (Wildman–Crippen MR) is 196 cm³/mol. The van der Waals surface area contributed by atoms with Crippen LogP contribution in [0.5, 0.6) is 5.75 Å². The Hall–Kier alpha value is -5.90. The molecule has 10 heteroatoms. The zero-order valence-electron chi connectivity index (χ0n) is 29.1. The molecule has 3 amide bonds. The molecule has 0 aliphatic rings. The summed E-state index contributed by atoms with van der Waals surface area (Å²) in [5, 5.41) is 5.77. The van der Waals surface area contributed by atoms with Crippen LogP contribution in [0.2, 0.25) is 0 Å². The topological polar surface area (TPSA) is 126 Å². The van der Waals surface area contributed by atoms with Gasteiger partial charge in [-0.25, -0.2) is 9.78 Å². The molecule has 0 saturated carbocycles. The fraction of sp³-hybridized carbons (Fsp3) is 0.268. The molecule has 0 unspecified atom stereocenters. The van der Waals surface area contributed by atoms with Crippen LogP contribution in [0.25, 0.3) is 0 Å². The first-order valence-corrected chi connectivity index (χ1v) is 17.1. The first kappa shape index (κ1) is 36.4. The number of amides is 3. The molecule has 0 bridgehead atoms. The van der Waals surface area contributed by atoms with Crippen molar-refractivity contribution in [2.75, 3.05) is 19.6 Å². The van der Waals surface area contributed by atoms with E-state index < -0.39 is 18.0 Å². The maximum Gasteiger partial charge on any atom is 0.408 e. The number of rotatable bonds is 17. The zero-order valence-corrected chi connectivity index (χ0v) is 29.1. The minimum atomic E-state index is -1.02. The Morgan fingerprint density at radius 3 is 2.06 bits per heavy atom. The van der Waals surface area contributed by atoms with Crippen LogP contribution in [0.4, 0.5) is 4.79 Å². The first-order valence-electron chi connectivity index (χ1n) is 17.1. The van der Waals surface area contributed by atoms with Crippen molar-refractivity contribution in [3.63, 3.8) is 0 Å². The zero-order chi connectivity index (χ0) is 35.9. The summed E-state index contributed by atoms with van der Waals surface area (Å²) in [6.45, 7) is 5.04. The van der Waals surface area contributed by atoms with E-state index in [-0.39, 0.29) is 37.4 Å². The smallest absolute Gasteiger partial charge is 0.408 e. The monoisotopic (exact) mass is 687 g/mol. The highest BCUT2D eigenvalue weighted by Crippen LogP contribution is 2.22. The van der Waals surface area contributed by atoms with Gasteiger partial charge in [-0.15, -0.1) is 0 Å². The number of carbonyl (C=O) groups is 3. The Kier molecular flexibility index (Phi) is 13.0. The van der Waals surface area contributed by atoms with Gasteiger partial charge >= 0.3 is 6.09 Å². The Labute approximate surface area is 299 Å². The average molecular weight is 688 g/mol. The number of imidazole rings is 1. The molecule has 264 valence electrons. The van der Waals surface area contributed by atoms with E-state index in [9.17, 15) is 14.4 Å². The van der Waals surface area contributed by atoms with Gasteiger partial charge in [0.05, 0.1) is 12.9 Å². The van der Waals surface area contributed by atoms with Crippen LogP contribution in [-0.2, 0) is 45.8 Å². The van der Waals surface area contributed by atoms with Gasteiger partial charge in [0.15, 0.2) is 0 Å². The minimum Gasteiger partial charge on any atom is -0.489 e. The van der Waals surface area contributed by atoms with Crippen LogP contribution >= 0.6 is 0 Å². The van der Waals surface area contributed by atoms with Gasteiger partial charge < -0.3 is 30.0 Å². The van der Waals surface area contributed by atoms with Crippen LogP contribution in [0, 0.1) is 0 Å². The maximum atomic E-state index is 14.3. The Morgan fingerprint density at radius 1 is 0.804 bits per heavy atom. The molecule has 0 fully saturated rings. The largest absolute Gasteiger partial charge is 0.489 e. The fourth-order valence-electron chi connectivity index (χ4n) is 5.51. The Balaban J connectivity index is 1.28. The molecule has 0 aliphatic carbocycles. The van der Waals surface area contributed by atoms with Crippen LogP contribution < -0.4 is 15.4 Å². The predicted octanol–water partition coefficient (Wildman–Crippen LogP) is 5.99. The number of nitrogens with one attached hydrogen (secondary N) is 3. The quantitative estimate of drug-likeness (QED) is 0.110. The van der Waals surface area contributed by atoms with Crippen LogP contribution in [-0.4, -0.2) is 58.5 Å². The molecule has 4 aromatic carbocycles. The highest BCUT2D eigenvalue weighted by Gasteiger charge is 2.29. The minimum absolute atomic E-state index is 0.0476. The summed E-state index contributed by atoms with van der Waals surface area (Å²) in [5.74, 6) is 0.0132. The number of aromatic amines is 1. The van der Waals surface area contributed by atoms with E-state index >= 15 is 0 Å². The standard InChI is InChI=1S/C41H45N5O5/c1-41(2,34-16-10-5-11-17-34)29-43-38(47)26-46(23-22-31-18-20-36(21-19-31)50-27-32-12-6-3-7-13-32)39(48)37(24-35-25-42-30-44-35)45-40(49)51-28-33-14-8-4-9-15-33/h3-21,25,30,37H,22-24,26-29H2,1-2H3,(H,42,44)(H,43,47)(H,45,49)/t37-/m0/s1. The second-order valence-corrected chi connectivity index (χ2v) is 13.0. The number of nitrogens with zero attached hydrogens (tertiary/aromatic N) is 2. The van der Waals surface area contributed by atoms with Gasteiger partial charge in [-0.2, -0.15) is 0 Å². The lowest BCUT2D eigenvalue weighted by Gasteiger charge is -2.29. The van der Waals surface area contributed by atoms with Crippen molar-refractivity contribution in [2.24, 2.45) is 0 Å². The number of hydrogen-bond donors (Lipinski definition) is 3. The number of alkyl carbamates (subject to hydrolysis) is 1. The number of aromatic nitrogens is 2. The van der Waals surface area contributed by atoms with Crippen molar-refractivity contribution in [3.8, 4) is 5.75 Å². The van der Waals surface area contributed by atoms with Gasteiger partial charge in [-0.3, -0.25) is 9.59 Å². The third-order valence-corrected chi connectivity index (χ3v) is 8.55. The van der Waals surface area contributed by atoms with E-state index in [0.717, 1.165) is 28.0 Å². The summed E-state index contributed by atoms with van der Waals surface area (Å²) in [6, 6.07) is 35.9. The van der Waals surface area contributed by atoms with Crippen molar-refractivity contribution >= 4 is 17.9 Å². The van der Waals surface area contributed by atoms with Gasteiger partial charge in [0, 0.05) is 36.8 Å². The summed E-state index contributed by atoms with van der Waals surface area (Å²) in [7, 11) is 0. The average Bonchev–Trinajstić information content (AvgIpc) is 3.68. The molecule has 0 saturated heterocycles. The van der Waals surface area contributed by atoms with Gasteiger partial charge in [0.25, 0.3) is 0 Å². The summed E-state index contributed by atoms with van der Waals surface area (Å²) in [4.78, 5) is 49.3. The number of H-pyrrole nitrogens is 1. The third kappa shape index (κ3) is 11.6. The van der Waals surface area contributed by atoms with Crippen molar-refractivity contribution in [1.82, 2.24) is 25.5 Å². The number of hydrogen-bond acceptors (Lipinski definition) is 6. The van der Waals surface area contributed by atoms with Crippen LogP contribution in [0.1, 0.15) is 41.8 Å². The molecule has 5 rings (SSSR count). The lowest BCUT2D eigenvalue weighted by Crippen LogP contribution is -2.53. The highest BCUT2D eigenvalue weighted by molar-refractivity contribution is 5.89. The molecule has 0 radical (unpaired) electrons. The highest BCUT2D eigenvalue weighted by atomic mass is 16.5. The second kappa shape index (κ2) is 18.2. The van der Waals surface area contributed by atoms with Crippen LogP contribution in [0.15, 0.2) is 128 Å². The fourth-order valence-corrected chi connectivity index (χ4v) is 5.51. The lowest BCUT2D eigenvalue weighted by atomic mass is 9.84. The van der Waals surface area contributed by atoms with Gasteiger partial charge in [-0.05, 0) is 40.8 Å². The molecule has 10 nitrogen and oxygen atoms in total. The van der Waals surface area contributed by atoms with E-state index in [1.807, 2.05) is 115 Å². The van der Waals surface area contributed by atoms with Crippen molar-refractivity contribution < 1.29 is 23.9 Å². The molecule has 0 spiro atoms. The molecule has 1 heterocycles. The normalized spacial score (nSPS) is 11.6. The number of carbonyl (C=O) groups excluding carboxylic acids is 3.